The monoisotopic (exact) mass is 259 g/mol. The summed E-state index contributed by atoms with van der Waals surface area (Å²) in [5.74, 6) is 0.586. The Morgan fingerprint density at radius 2 is 2.16 bits per heavy atom. The van der Waals surface area contributed by atoms with Crippen molar-refractivity contribution in [2.24, 2.45) is 0 Å². The van der Waals surface area contributed by atoms with E-state index in [0.29, 0.717) is 5.56 Å². The van der Waals surface area contributed by atoms with Crippen molar-refractivity contribution in [3.05, 3.63) is 35.9 Å². The fraction of sp³-hybridized carbons (Fsp3) is 0.357. The van der Waals surface area contributed by atoms with Crippen molar-refractivity contribution in [1.82, 2.24) is 15.0 Å². The Morgan fingerprint density at radius 1 is 1.32 bits per heavy atom. The number of hydrogen-bond acceptors (Lipinski definition) is 4. The summed E-state index contributed by atoms with van der Waals surface area (Å²) in [5.41, 5.74) is 2.07. The number of nitrogens with zero attached hydrogens (tertiary/aromatic N) is 2. The maximum absolute atomic E-state index is 11.3. The average molecular weight is 259 g/mol. The predicted octanol–water partition coefficient (Wildman–Crippen LogP) is 2.60. The minimum Gasteiger partial charge on any atom is -0.465 e. The number of pyridine rings is 1. The number of carbonyl (C=O) groups is 1. The van der Waals surface area contributed by atoms with Gasteiger partial charge in [0.05, 0.1) is 30.3 Å². The number of hydrogen-bond donors (Lipinski definition) is 1. The number of ether oxygens (including phenoxy) is 1. The zero-order valence-corrected chi connectivity index (χ0v) is 11.1. The van der Waals surface area contributed by atoms with Crippen LogP contribution in [0.25, 0.3) is 11.4 Å². The van der Waals surface area contributed by atoms with Crippen LogP contribution in [0, 0.1) is 0 Å². The van der Waals surface area contributed by atoms with Gasteiger partial charge in [-0.3, -0.25) is 4.98 Å². The summed E-state index contributed by atoms with van der Waals surface area (Å²) < 4.78 is 4.63. The second kappa shape index (κ2) is 6.13. The van der Waals surface area contributed by atoms with Gasteiger partial charge in [0.2, 0.25) is 0 Å². The number of H-pyrrole nitrogens is 1. The first kappa shape index (κ1) is 13.3. The van der Waals surface area contributed by atoms with Gasteiger partial charge in [-0.2, -0.15) is 0 Å². The van der Waals surface area contributed by atoms with Crippen molar-refractivity contribution in [3.8, 4) is 11.4 Å². The highest BCUT2D eigenvalue weighted by atomic mass is 16.5. The van der Waals surface area contributed by atoms with E-state index < -0.39 is 0 Å². The Bertz CT molecular complexity index is 546. The fourth-order valence-corrected chi connectivity index (χ4v) is 1.76. The number of carbonyl (C=O) groups excluding carboxylic acids is 1. The molecule has 2 rings (SSSR count). The van der Waals surface area contributed by atoms with E-state index in [4.69, 9.17) is 0 Å². The molecule has 0 fully saturated rings. The molecule has 0 aromatic carbocycles. The van der Waals surface area contributed by atoms with Gasteiger partial charge in [-0.05, 0) is 18.6 Å². The zero-order chi connectivity index (χ0) is 13.7. The van der Waals surface area contributed by atoms with E-state index in [0.717, 1.165) is 36.5 Å². The van der Waals surface area contributed by atoms with E-state index in [1.165, 1.54) is 13.3 Å². The molecule has 0 amide bonds. The van der Waals surface area contributed by atoms with E-state index in [1.54, 1.807) is 18.3 Å². The Hall–Kier alpha value is -2.17. The minimum atomic E-state index is -0.382. The van der Waals surface area contributed by atoms with Crippen LogP contribution < -0.4 is 0 Å². The molecule has 2 heterocycles. The molecule has 0 aliphatic rings. The molecule has 0 atom stereocenters. The summed E-state index contributed by atoms with van der Waals surface area (Å²) in [4.78, 5) is 23.1. The molecule has 0 spiro atoms. The first-order chi connectivity index (χ1) is 9.24. The largest absolute Gasteiger partial charge is 0.465 e. The lowest BCUT2D eigenvalue weighted by atomic mass is 10.2. The lowest BCUT2D eigenvalue weighted by Gasteiger charge is -2.00. The Labute approximate surface area is 112 Å². The van der Waals surface area contributed by atoms with E-state index in [1.807, 2.05) is 0 Å². The number of aryl methyl sites for hydroxylation is 1. The number of nitrogens with one attached hydrogen (secondary N) is 1. The van der Waals surface area contributed by atoms with Crippen LogP contribution >= 0.6 is 0 Å². The molecule has 19 heavy (non-hydrogen) atoms. The molecule has 0 aliphatic carbocycles. The van der Waals surface area contributed by atoms with Gasteiger partial charge in [-0.15, -0.1) is 0 Å². The number of rotatable bonds is 5. The van der Waals surface area contributed by atoms with Crippen molar-refractivity contribution in [2.75, 3.05) is 7.11 Å². The van der Waals surface area contributed by atoms with Gasteiger partial charge in [0.1, 0.15) is 5.82 Å². The molecule has 2 aromatic rings. The number of imidazole rings is 1. The normalized spacial score (nSPS) is 10.4. The van der Waals surface area contributed by atoms with Crippen LogP contribution in [0.2, 0.25) is 0 Å². The molecule has 0 saturated carbocycles. The molecule has 0 bridgehead atoms. The number of esters is 1. The van der Waals surface area contributed by atoms with Gasteiger partial charge in [0.15, 0.2) is 0 Å². The molecular formula is C14H17N3O2. The summed E-state index contributed by atoms with van der Waals surface area (Å²) in [6, 6.07) is 3.48. The van der Waals surface area contributed by atoms with Gasteiger partial charge in [-0.25, -0.2) is 9.78 Å². The molecule has 1 N–H and O–H groups in total. The highest BCUT2D eigenvalue weighted by Crippen LogP contribution is 2.15. The van der Waals surface area contributed by atoms with Crippen molar-refractivity contribution < 1.29 is 9.53 Å². The topological polar surface area (TPSA) is 67.9 Å². The van der Waals surface area contributed by atoms with Crippen LogP contribution in [0.4, 0.5) is 0 Å². The Balaban J connectivity index is 2.13. The van der Waals surface area contributed by atoms with E-state index in [2.05, 4.69) is 26.6 Å². The smallest absolute Gasteiger partial charge is 0.339 e. The maximum Gasteiger partial charge on any atom is 0.339 e. The molecule has 2 aromatic heterocycles. The lowest BCUT2D eigenvalue weighted by molar-refractivity contribution is 0.0600. The molecule has 0 unspecified atom stereocenters. The molecular weight excluding hydrogens is 242 g/mol. The molecule has 5 nitrogen and oxygen atoms in total. The summed E-state index contributed by atoms with van der Waals surface area (Å²) in [6.07, 6.45) is 6.47. The summed E-state index contributed by atoms with van der Waals surface area (Å²) in [5, 5.41) is 0. The van der Waals surface area contributed by atoms with Crippen molar-refractivity contribution in [2.45, 2.75) is 26.2 Å². The summed E-state index contributed by atoms with van der Waals surface area (Å²) in [6.45, 7) is 2.15. The first-order valence-corrected chi connectivity index (χ1v) is 6.33. The van der Waals surface area contributed by atoms with Crippen LogP contribution in [0.15, 0.2) is 24.5 Å². The minimum absolute atomic E-state index is 0.382. The van der Waals surface area contributed by atoms with E-state index >= 15 is 0 Å². The van der Waals surface area contributed by atoms with Crippen LogP contribution in [0.3, 0.4) is 0 Å². The predicted molar refractivity (Wildman–Crippen MR) is 71.8 cm³/mol. The third-order valence-corrected chi connectivity index (χ3v) is 2.86. The van der Waals surface area contributed by atoms with Crippen LogP contribution in [-0.4, -0.2) is 28.0 Å². The fourth-order valence-electron chi connectivity index (χ4n) is 1.76. The van der Waals surface area contributed by atoms with Crippen LogP contribution in [0.5, 0.6) is 0 Å². The van der Waals surface area contributed by atoms with E-state index in [-0.39, 0.29) is 5.97 Å². The highest BCUT2D eigenvalue weighted by molar-refractivity contribution is 5.89. The molecule has 5 heteroatoms. The van der Waals surface area contributed by atoms with Crippen molar-refractivity contribution >= 4 is 5.97 Å². The highest BCUT2D eigenvalue weighted by Gasteiger charge is 2.08. The third-order valence-electron chi connectivity index (χ3n) is 2.86. The van der Waals surface area contributed by atoms with Gasteiger partial charge >= 0.3 is 5.97 Å². The lowest BCUT2D eigenvalue weighted by Crippen LogP contribution is -2.01. The zero-order valence-electron chi connectivity index (χ0n) is 11.1. The SMILES string of the molecule is CCCCc1ncc(-c2ccc(C(=O)OC)cn2)[nH]1. The number of aromatic amines is 1. The van der Waals surface area contributed by atoms with Gasteiger partial charge < -0.3 is 9.72 Å². The summed E-state index contributed by atoms with van der Waals surface area (Å²) in [7, 11) is 1.35. The van der Waals surface area contributed by atoms with Crippen LogP contribution in [-0.2, 0) is 11.2 Å². The first-order valence-electron chi connectivity index (χ1n) is 6.33. The van der Waals surface area contributed by atoms with Gasteiger partial charge in [0.25, 0.3) is 0 Å². The molecule has 0 radical (unpaired) electrons. The molecule has 100 valence electrons. The van der Waals surface area contributed by atoms with Gasteiger partial charge in [0, 0.05) is 12.6 Å². The quantitative estimate of drug-likeness (QED) is 0.838. The number of unbranched alkanes of at least 4 members (excludes halogenated alkanes) is 1. The van der Waals surface area contributed by atoms with Crippen molar-refractivity contribution in [3.63, 3.8) is 0 Å². The molecule has 0 saturated heterocycles. The maximum atomic E-state index is 11.3. The second-order valence-corrected chi connectivity index (χ2v) is 4.27. The Kier molecular flexibility index (Phi) is 4.28. The van der Waals surface area contributed by atoms with Crippen LogP contribution in [0.1, 0.15) is 35.9 Å². The standard InChI is InChI=1S/C14H17N3O2/c1-3-4-5-13-16-9-12(17-13)11-7-6-10(8-15-11)14(18)19-2/h6-9H,3-5H2,1-2H3,(H,16,17). The van der Waals surface area contributed by atoms with Crippen molar-refractivity contribution in [1.29, 1.82) is 0 Å². The van der Waals surface area contributed by atoms with Gasteiger partial charge in [-0.1, -0.05) is 13.3 Å². The third kappa shape index (κ3) is 3.19. The summed E-state index contributed by atoms with van der Waals surface area (Å²) >= 11 is 0. The Morgan fingerprint density at radius 3 is 2.79 bits per heavy atom. The number of aromatic nitrogens is 3. The van der Waals surface area contributed by atoms with E-state index in [9.17, 15) is 4.79 Å². The molecule has 0 aliphatic heterocycles. The average Bonchev–Trinajstić information content (AvgIpc) is 2.93. The number of methoxy groups -OCH3 is 1. The second-order valence-electron chi connectivity index (χ2n) is 4.27.